The van der Waals surface area contributed by atoms with Crippen LogP contribution in [0.1, 0.15) is 42.6 Å². The number of hydrogen-bond acceptors (Lipinski definition) is 4. The molecule has 1 aliphatic rings. The van der Waals surface area contributed by atoms with Crippen molar-refractivity contribution in [2.24, 2.45) is 0 Å². The van der Waals surface area contributed by atoms with Gasteiger partial charge < -0.3 is 19.9 Å². The third kappa shape index (κ3) is 5.08. The van der Waals surface area contributed by atoms with E-state index in [9.17, 15) is 9.59 Å². The number of benzene rings is 2. The highest BCUT2D eigenvalue weighted by Crippen LogP contribution is 2.28. The van der Waals surface area contributed by atoms with Gasteiger partial charge in [0.15, 0.2) is 0 Å². The van der Waals surface area contributed by atoms with Crippen LogP contribution in [0.25, 0.3) is 0 Å². The van der Waals surface area contributed by atoms with Gasteiger partial charge in [0.25, 0.3) is 0 Å². The number of hydrogen-bond donors (Lipinski definition) is 1. The summed E-state index contributed by atoms with van der Waals surface area (Å²) in [5.74, 6) is 0.105. The van der Waals surface area contributed by atoms with Gasteiger partial charge >= 0.3 is 12.0 Å². The van der Waals surface area contributed by atoms with Crippen molar-refractivity contribution < 1.29 is 14.3 Å². The van der Waals surface area contributed by atoms with Crippen molar-refractivity contribution in [2.75, 3.05) is 43.0 Å². The molecule has 0 aliphatic carbocycles. The van der Waals surface area contributed by atoms with Crippen LogP contribution in [-0.4, -0.2) is 49.7 Å². The summed E-state index contributed by atoms with van der Waals surface area (Å²) in [5, 5.41) is 2.91. The summed E-state index contributed by atoms with van der Waals surface area (Å²) in [7, 11) is 0. The van der Waals surface area contributed by atoms with E-state index in [4.69, 9.17) is 4.74 Å². The number of nitrogens with one attached hydrogen (secondary N) is 1. The summed E-state index contributed by atoms with van der Waals surface area (Å²) in [6.07, 6.45) is 0. The number of amides is 2. The summed E-state index contributed by atoms with van der Waals surface area (Å²) >= 11 is 0. The van der Waals surface area contributed by atoms with E-state index < -0.39 is 0 Å². The summed E-state index contributed by atoms with van der Waals surface area (Å²) in [5.41, 5.74) is 3.74. The number of esters is 1. The largest absolute Gasteiger partial charge is 0.462 e. The fourth-order valence-electron chi connectivity index (χ4n) is 3.52. The van der Waals surface area contributed by atoms with Gasteiger partial charge in [-0.05, 0) is 48.7 Å². The Morgan fingerprint density at radius 1 is 1.00 bits per heavy atom. The number of para-hydroxylation sites is 1. The second kappa shape index (κ2) is 9.45. The Bertz CT molecular complexity index is 841. The van der Waals surface area contributed by atoms with E-state index in [2.05, 4.69) is 48.3 Å². The van der Waals surface area contributed by atoms with E-state index in [-0.39, 0.29) is 12.0 Å². The van der Waals surface area contributed by atoms with Crippen molar-refractivity contribution in [3.63, 3.8) is 0 Å². The van der Waals surface area contributed by atoms with Gasteiger partial charge in [-0.15, -0.1) is 0 Å². The van der Waals surface area contributed by atoms with E-state index in [0.717, 1.165) is 13.1 Å². The van der Waals surface area contributed by atoms with Crippen molar-refractivity contribution in [1.29, 1.82) is 0 Å². The molecule has 0 atom stereocenters. The number of carbonyl (C=O) groups is 2. The van der Waals surface area contributed by atoms with Crippen molar-refractivity contribution in [2.45, 2.75) is 26.7 Å². The Hall–Kier alpha value is -3.02. The molecule has 2 aromatic rings. The van der Waals surface area contributed by atoms with Crippen molar-refractivity contribution >= 4 is 23.4 Å². The zero-order valence-corrected chi connectivity index (χ0v) is 17.4. The molecule has 29 heavy (non-hydrogen) atoms. The number of anilines is 2. The SMILES string of the molecule is CCOC(=O)c1ccc(NC(=O)N2CCN(c3ccccc3C(C)C)CC2)cc1. The molecule has 0 spiro atoms. The maximum atomic E-state index is 12.6. The van der Waals surface area contributed by atoms with Crippen LogP contribution in [0.15, 0.2) is 48.5 Å². The highest BCUT2D eigenvalue weighted by Gasteiger charge is 2.23. The van der Waals surface area contributed by atoms with Crippen LogP contribution in [0.2, 0.25) is 0 Å². The molecular weight excluding hydrogens is 366 g/mol. The summed E-state index contributed by atoms with van der Waals surface area (Å²) in [6.45, 7) is 9.46. The first-order chi connectivity index (χ1) is 14.0. The van der Waals surface area contributed by atoms with Crippen LogP contribution in [0.5, 0.6) is 0 Å². The number of urea groups is 1. The average molecular weight is 396 g/mol. The van der Waals surface area contributed by atoms with Crippen LogP contribution in [0.4, 0.5) is 16.2 Å². The number of rotatable bonds is 5. The van der Waals surface area contributed by atoms with Gasteiger partial charge in [0.2, 0.25) is 0 Å². The first-order valence-electron chi connectivity index (χ1n) is 10.2. The van der Waals surface area contributed by atoms with Gasteiger partial charge in [0.05, 0.1) is 12.2 Å². The molecule has 1 heterocycles. The van der Waals surface area contributed by atoms with Crippen molar-refractivity contribution in [3.8, 4) is 0 Å². The molecule has 1 aliphatic heterocycles. The molecule has 6 nitrogen and oxygen atoms in total. The number of piperazine rings is 1. The monoisotopic (exact) mass is 395 g/mol. The second-order valence-electron chi connectivity index (χ2n) is 7.42. The predicted octanol–water partition coefficient (Wildman–Crippen LogP) is 4.34. The summed E-state index contributed by atoms with van der Waals surface area (Å²) in [6, 6.07) is 15.1. The normalized spacial score (nSPS) is 14.1. The Morgan fingerprint density at radius 2 is 1.66 bits per heavy atom. The Kier molecular flexibility index (Phi) is 6.75. The Morgan fingerprint density at radius 3 is 2.28 bits per heavy atom. The molecule has 154 valence electrons. The molecule has 1 fully saturated rings. The van der Waals surface area contributed by atoms with E-state index in [1.807, 2.05) is 4.90 Å². The number of ether oxygens (including phenoxy) is 1. The average Bonchev–Trinajstić information content (AvgIpc) is 2.74. The first-order valence-corrected chi connectivity index (χ1v) is 10.2. The molecule has 3 rings (SSSR count). The molecule has 2 amide bonds. The van der Waals surface area contributed by atoms with Gasteiger partial charge in [-0.3, -0.25) is 0 Å². The third-order valence-corrected chi connectivity index (χ3v) is 5.11. The highest BCUT2D eigenvalue weighted by atomic mass is 16.5. The Balaban J connectivity index is 1.56. The smallest absolute Gasteiger partial charge is 0.338 e. The van der Waals surface area contributed by atoms with Gasteiger partial charge in [0, 0.05) is 37.6 Å². The summed E-state index contributed by atoms with van der Waals surface area (Å²) < 4.78 is 4.97. The van der Waals surface area contributed by atoms with Crippen molar-refractivity contribution in [3.05, 3.63) is 59.7 Å². The standard InChI is InChI=1S/C23H29N3O3/c1-4-29-22(27)18-9-11-19(12-10-18)24-23(28)26-15-13-25(14-16-26)21-8-6-5-7-20(21)17(2)3/h5-12,17H,4,13-16H2,1-3H3,(H,24,28). The van der Waals surface area contributed by atoms with Gasteiger partial charge in [-0.2, -0.15) is 0 Å². The Labute approximate surface area is 172 Å². The van der Waals surface area contributed by atoms with Gasteiger partial charge in [-0.25, -0.2) is 9.59 Å². The molecule has 1 saturated heterocycles. The molecule has 0 aromatic heterocycles. The summed E-state index contributed by atoms with van der Waals surface area (Å²) in [4.78, 5) is 28.5. The molecule has 0 radical (unpaired) electrons. The molecular formula is C23H29N3O3. The highest BCUT2D eigenvalue weighted by molar-refractivity contribution is 5.92. The second-order valence-corrected chi connectivity index (χ2v) is 7.42. The molecule has 6 heteroatoms. The lowest BCUT2D eigenvalue weighted by Crippen LogP contribution is -2.50. The molecule has 0 unspecified atom stereocenters. The van der Waals surface area contributed by atoms with Crippen molar-refractivity contribution in [1.82, 2.24) is 4.90 Å². The molecule has 0 saturated carbocycles. The molecule has 1 N–H and O–H groups in total. The zero-order chi connectivity index (χ0) is 20.8. The maximum Gasteiger partial charge on any atom is 0.338 e. The van der Waals surface area contributed by atoms with Crippen LogP contribution in [-0.2, 0) is 4.74 Å². The van der Waals surface area contributed by atoms with E-state index in [0.29, 0.717) is 36.9 Å². The van der Waals surface area contributed by atoms with Crippen LogP contribution < -0.4 is 10.2 Å². The molecule has 0 bridgehead atoms. The first kappa shape index (κ1) is 20.7. The minimum atomic E-state index is -0.358. The van der Waals surface area contributed by atoms with Crippen LogP contribution >= 0.6 is 0 Å². The number of carbonyl (C=O) groups excluding carboxylic acids is 2. The minimum absolute atomic E-state index is 0.120. The minimum Gasteiger partial charge on any atom is -0.462 e. The predicted molar refractivity (Wildman–Crippen MR) is 116 cm³/mol. The maximum absolute atomic E-state index is 12.6. The quantitative estimate of drug-likeness (QED) is 0.765. The van der Waals surface area contributed by atoms with E-state index >= 15 is 0 Å². The lowest BCUT2D eigenvalue weighted by molar-refractivity contribution is 0.0526. The number of nitrogens with zero attached hydrogens (tertiary/aromatic N) is 2. The lowest BCUT2D eigenvalue weighted by atomic mass is 10.00. The zero-order valence-electron chi connectivity index (χ0n) is 17.4. The van der Waals surface area contributed by atoms with Gasteiger partial charge in [-0.1, -0.05) is 32.0 Å². The van der Waals surface area contributed by atoms with E-state index in [1.54, 1.807) is 31.2 Å². The van der Waals surface area contributed by atoms with Crippen LogP contribution in [0, 0.1) is 0 Å². The topological polar surface area (TPSA) is 61.9 Å². The van der Waals surface area contributed by atoms with E-state index in [1.165, 1.54) is 11.3 Å². The lowest BCUT2D eigenvalue weighted by Gasteiger charge is -2.37. The third-order valence-electron chi connectivity index (χ3n) is 5.11. The fourth-order valence-corrected chi connectivity index (χ4v) is 3.52. The van der Waals surface area contributed by atoms with Crippen LogP contribution in [0.3, 0.4) is 0 Å². The molecule has 2 aromatic carbocycles. The fraction of sp³-hybridized carbons (Fsp3) is 0.391. The van der Waals surface area contributed by atoms with Gasteiger partial charge in [0.1, 0.15) is 0 Å².